The first kappa shape index (κ1) is 15.7. The number of carbonyl (C=O) groups is 2. The number of alkyl halides is 3. The number of hydrogen-bond acceptors (Lipinski definition) is 4. The molecule has 1 aromatic heterocycles. The monoisotopic (exact) mass is 292 g/mol. The molecule has 0 fully saturated rings. The topological polar surface area (TPSA) is 95.4 Å². The maximum atomic E-state index is 12.2. The average molecular weight is 292 g/mol. The molecule has 0 atom stereocenters. The molecule has 0 aliphatic carbocycles. The van der Waals surface area contributed by atoms with Crippen molar-refractivity contribution in [3.05, 3.63) is 24.3 Å². The van der Waals surface area contributed by atoms with Crippen LogP contribution in [-0.2, 0) is 11.3 Å². The molecule has 2 N–H and O–H groups in total. The molecule has 0 unspecified atom stereocenters. The zero-order valence-electron chi connectivity index (χ0n) is 10.1. The Hall–Kier alpha value is -2.39. The van der Waals surface area contributed by atoms with Crippen molar-refractivity contribution in [1.82, 2.24) is 20.2 Å². The van der Waals surface area contributed by atoms with E-state index in [2.05, 4.69) is 15.3 Å². The maximum absolute atomic E-state index is 12.2. The SMILES string of the molecule is O=C(O)CN(CC(F)(F)F)C(=O)NCc1ccncn1. The summed E-state index contributed by atoms with van der Waals surface area (Å²) in [4.78, 5) is 29.6. The number of nitrogens with zero attached hydrogens (tertiary/aromatic N) is 3. The van der Waals surface area contributed by atoms with Gasteiger partial charge in [0.2, 0.25) is 0 Å². The van der Waals surface area contributed by atoms with E-state index in [0.29, 0.717) is 5.69 Å². The number of nitrogens with one attached hydrogen (secondary N) is 1. The van der Waals surface area contributed by atoms with Gasteiger partial charge in [0.05, 0.1) is 12.2 Å². The second-order valence-electron chi connectivity index (χ2n) is 3.72. The van der Waals surface area contributed by atoms with Gasteiger partial charge >= 0.3 is 18.2 Å². The first-order valence-corrected chi connectivity index (χ1v) is 5.34. The lowest BCUT2D eigenvalue weighted by molar-refractivity contribution is -0.148. The van der Waals surface area contributed by atoms with Gasteiger partial charge in [-0.05, 0) is 6.07 Å². The van der Waals surface area contributed by atoms with E-state index < -0.39 is 31.3 Å². The van der Waals surface area contributed by atoms with Crippen LogP contribution in [0.5, 0.6) is 0 Å². The number of carboxylic acid groups (broad SMARTS) is 1. The van der Waals surface area contributed by atoms with Gasteiger partial charge in [-0.2, -0.15) is 13.2 Å². The number of amides is 2. The number of rotatable bonds is 5. The lowest BCUT2D eigenvalue weighted by Gasteiger charge is -2.22. The van der Waals surface area contributed by atoms with Gasteiger partial charge in [0.1, 0.15) is 19.4 Å². The average Bonchev–Trinajstić information content (AvgIpc) is 2.34. The van der Waals surface area contributed by atoms with Crippen molar-refractivity contribution in [2.24, 2.45) is 0 Å². The van der Waals surface area contributed by atoms with Crippen molar-refractivity contribution in [1.29, 1.82) is 0 Å². The summed E-state index contributed by atoms with van der Waals surface area (Å²) in [6.07, 6.45) is -2.06. The molecule has 2 amide bonds. The molecule has 110 valence electrons. The molecule has 10 heteroatoms. The van der Waals surface area contributed by atoms with Crippen LogP contribution < -0.4 is 5.32 Å². The molecule has 0 aliphatic heterocycles. The molecule has 0 radical (unpaired) electrons. The van der Waals surface area contributed by atoms with E-state index in [1.807, 2.05) is 0 Å². The molecule has 0 aromatic carbocycles. The van der Waals surface area contributed by atoms with Crippen molar-refractivity contribution < 1.29 is 27.9 Å². The van der Waals surface area contributed by atoms with E-state index in [0.717, 1.165) is 0 Å². The van der Waals surface area contributed by atoms with Crippen LogP contribution in [0.2, 0.25) is 0 Å². The standard InChI is InChI=1S/C10H11F3N4O3/c11-10(12,13)5-17(4-8(18)19)9(20)15-3-7-1-2-14-6-16-7/h1-2,6H,3-5H2,(H,15,20)(H,18,19). The van der Waals surface area contributed by atoms with Crippen LogP contribution in [0.25, 0.3) is 0 Å². The number of halogens is 3. The third kappa shape index (κ3) is 5.98. The molecule has 0 aliphatic rings. The fraction of sp³-hybridized carbons (Fsp3) is 0.400. The maximum Gasteiger partial charge on any atom is 0.406 e. The minimum absolute atomic E-state index is 0.130. The van der Waals surface area contributed by atoms with Gasteiger partial charge in [-0.1, -0.05) is 0 Å². The van der Waals surface area contributed by atoms with Crippen LogP contribution in [0.15, 0.2) is 18.6 Å². The number of carbonyl (C=O) groups excluding carboxylic acids is 1. The quantitative estimate of drug-likeness (QED) is 0.830. The van der Waals surface area contributed by atoms with E-state index in [-0.39, 0.29) is 11.4 Å². The second kappa shape index (κ2) is 6.68. The molecular formula is C10H11F3N4O3. The van der Waals surface area contributed by atoms with Crippen molar-refractivity contribution >= 4 is 12.0 Å². The van der Waals surface area contributed by atoms with Crippen molar-refractivity contribution in [3.8, 4) is 0 Å². The zero-order valence-corrected chi connectivity index (χ0v) is 10.1. The Morgan fingerprint density at radius 1 is 1.40 bits per heavy atom. The number of aromatic nitrogens is 2. The highest BCUT2D eigenvalue weighted by atomic mass is 19.4. The summed E-state index contributed by atoms with van der Waals surface area (Å²) in [6.45, 7) is -2.82. The predicted octanol–water partition coefficient (Wildman–Crippen LogP) is 0.635. The Bertz CT molecular complexity index is 467. The highest BCUT2D eigenvalue weighted by Gasteiger charge is 2.33. The highest BCUT2D eigenvalue weighted by Crippen LogP contribution is 2.16. The largest absolute Gasteiger partial charge is 0.480 e. The van der Waals surface area contributed by atoms with Gasteiger partial charge in [0.15, 0.2) is 0 Å². The van der Waals surface area contributed by atoms with Gasteiger partial charge in [-0.25, -0.2) is 14.8 Å². The Labute approximate surface area is 111 Å². The Morgan fingerprint density at radius 3 is 2.60 bits per heavy atom. The fourth-order valence-corrected chi connectivity index (χ4v) is 1.28. The van der Waals surface area contributed by atoms with E-state index in [9.17, 15) is 22.8 Å². The summed E-state index contributed by atoms with van der Waals surface area (Å²) < 4.78 is 36.7. The third-order valence-corrected chi connectivity index (χ3v) is 2.05. The first-order valence-electron chi connectivity index (χ1n) is 5.34. The van der Waals surface area contributed by atoms with Gasteiger partial charge in [0.25, 0.3) is 0 Å². The predicted molar refractivity (Wildman–Crippen MR) is 59.5 cm³/mol. The van der Waals surface area contributed by atoms with Gasteiger partial charge < -0.3 is 15.3 Å². The van der Waals surface area contributed by atoms with Crippen LogP contribution in [0.3, 0.4) is 0 Å². The number of urea groups is 1. The summed E-state index contributed by atoms with van der Waals surface area (Å²) in [6, 6.07) is 0.328. The Morgan fingerprint density at radius 2 is 2.10 bits per heavy atom. The third-order valence-electron chi connectivity index (χ3n) is 2.05. The minimum Gasteiger partial charge on any atom is -0.480 e. The van der Waals surface area contributed by atoms with Gasteiger partial charge in [-0.15, -0.1) is 0 Å². The van der Waals surface area contributed by atoms with Crippen LogP contribution in [0, 0.1) is 0 Å². The summed E-state index contributed by atoms with van der Waals surface area (Å²) in [7, 11) is 0. The second-order valence-corrected chi connectivity index (χ2v) is 3.72. The van der Waals surface area contributed by atoms with Crippen LogP contribution in [0.1, 0.15) is 5.69 Å². The van der Waals surface area contributed by atoms with Gasteiger partial charge in [-0.3, -0.25) is 4.79 Å². The summed E-state index contributed by atoms with van der Waals surface area (Å²) in [5, 5.41) is 10.7. The van der Waals surface area contributed by atoms with E-state index >= 15 is 0 Å². The van der Waals surface area contributed by atoms with Crippen LogP contribution in [-0.4, -0.2) is 51.2 Å². The van der Waals surface area contributed by atoms with E-state index in [4.69, 9.17) is 5.11 Å². The summed E-state index contributed by atoms with van der Waals surface area (Å²) >= 11 is 0. The smallest absolute Gasteiger partial charge is 0.406 e. The molecule has 7 nitrogen and oxygen atoms in total. The fourth-order valence-electron chi connectivity index (χ4n) is 1.28. The molecular weight excluding hydrogens is 281 g/mol. The highest BCUT2D eigenvalue weighted by molar-refractivity contribution is 5.80. The van der Waals surface area contributed by atoms with Crippen LogP contribution >= 0.6 is 0 Å². The molecule has 0 bridgehead atoms. The zero-order chi connectivity index (χ0) is 15.2. The molecule has 20 heavy (non-hydrogen) atoms. The Balaban J connectivity index is 2.61. The number of carboxylic acids is 1. The van der Waals surface area contributed by atoms with Crippen molar-refractivity contribution in [3.63, 3.8) is 0 Å². The Kier molecular flexibility index (Phi) is 5.23. The minimum atomic E-state index is -4.68. The summed E-state index contributed by atoms with van der Waals surface area (Å²) in [5.41, 5.74) is 0.385. The number of hydrogen-bond donors (Lipinski definition) is 2. The lowest BCUT2D eigenvalue weighted by Crippen LogP contribution is -2.46. The number of aliphatic carboxylic acids is 1. The van der Waals surface area contributed by atoms with Crippen LogP contribution in [0.4, 0.5) is 18.0 Å². The molecule has 1 rings (SSSR count). The molecule has 0 saturated heterocycles. The van der Waals surface area contributed by atoms with Crippen molar-refractivity contribution in [2.45, 2.75) is 12.7 Å². The molecule has 0 saturated carbocycles. The van der Waals surface area contributed by atoms with Crippen molar-refractivity contribution in [2.75, 3.05) is 13.1 Å². The summed E-state index contributed by atoms with van der Waals surface area (Å²) in [5.74, 6) is -1.54. The molecule has 1 heterocycles. The van der Waals surface area contributed by atoms with E-state index in [1.54, 1.807) is 0 Å². The normalized spacial score (nSPS) is 10.9. The van der Waals surface area contributed by atoms with E-state index in [1.165, 1.54) is 18.6 Å². The first-order chi connectivity index (χ1) is 9.28. The van der Waals surface area contributed by atoms with Gasteiger partial charge in [0, 0.05) is 6.20 Å². The molecule has 1 aromatic rings. The lowest BCUT2D eigenvalue weighted by atomic mass is 10.4. The molecule has 0 spiro atoms.